The summed E-state index contributed by atoms with van der Waals surface area (Å²) in [6.45, 7) is 8.87. The van der Waals surface area contributed by atoms with E-state index in [2.05, 4.69) is 26.8 Å². The van der Waals surface area contributed by atoms with Gasteiger partial charge >= 0.3 is 0 Å². The Morgan fingerprint density at radius 3 is 2.60 bits per heavy atom. The van der Waals surface area contributed by atoms with Gasteiger partial charge < -0.3 is 19.1 Å². The topological polar surface area (TPSA) is 54.5 Å². The van der Waals surface area contributed by atoms with E-state index in [0.29, 0.717) is 18.7 Å². The van der Waals surface area contributed by atoms with Crippen LogP contribution in [-0.2, 0) is 16.1 Å². The second-order valence-corrected chi connectivity index (χ2v) is 8.97. The van der Waals surface area contributed by atoms with Gasteiger partial charge in [-0.05, 0) is 43.4 Å². The van der Waals surface area contributed by atoms with Gasteiger partial charge in [-0.25, -0.2) is 0 Å². The fraction of sp³-hybridized carbons (Fsp3) is 0.696. The minimum atomic E-state index is 0.177. The van der Waals surface area contributed by atoms with Gasteiger partial charge in [0.2, 0.25) is 12.7 Å². The summed E-state index contributed by atoms with van der Waals surface area (Å²) in [5.41, 5.74) is 1.28. The number of nitrogens with zero attached hydrogens (tertiary/aromatic N) is 3. The van der Waals surface area contributed by atoms with Gasteiger partial charge in [-0.2, -0.15) is 0 Å². The smallest absolute Gasteiger partial charge is 0.231 e. The first-order chi connectivity index (χ1) is 14.8. The van der Waals surface area contributed by atoms with Crippen molar-refractivity contribution in [1.29, 1.82) is 0 Å². The number of ether oxygens (including phenoxy) is 3. The lowest BCUT2D eigenvalue weighted by Gasteiger charge is -2.44. The Balaban J connectivity index is 1.11. The van der Waals surface area contributed by atoms with Gasteiger partial charge in [0, 0.05) is 71.0 Å². The van der Waals surface area contributed by atoms with Crippen molar-refractivity contribution in [2.45, 2.75) is 38.3 Å². The highest BCUT2D eigenvalue weighted by molar-refractivity contribution is 5.79. The van der Waals surface area contributed by atoms with Crippen LogP contribution in [0.3, 0.4) is 0 Å². The maximum atomic E-state index is 12.9. The van der Waals surface area contributed by atoms with Gasteiger partial charge in [0.15, 0.2) is 11.5 Å². The third-order valence-electron chi connectivity index (χ3n) is 7.05. The number of piperidine rings is 1. The molecule has 1 atom stereocenters. The van der Waals surface area contributed by atoms with E-state index in [0.717, 1.165) is 89.8 Å². The molecule has 4 aliphatic heterocycles. The maximum absolute atomic E-state index is 12.9. The third kappa shape index (κ3) is 4.43. The molecule has 1 aromatic rings. The lowest BCUT2D eigenvalue weighted by atomic mass is 9.96. The summed E-state index contributed by atoms with van der Waals surface area (Å²) in [5, 5.41) is 0. The average molecular weight is 416 g/mol. The highest BCUT2D eigenvalue weighted by Crippen LogP contribution is 2.33. The van der Waals surface area contributed by atoms with Crippen molar-refractivity contribution in [3.8, 4) is 11.5 Å². The first kappa shape index (κ1) is 20.1. The normalized spacial score (nSPS) is 26.1. The second kappa shape index (κ2) is 9.12. The molecule has 164 valence electrons. The number of rotatable bonds is 4. The average Bonchev–Trinajstić information content (AvgIpc) is 3.28. The molecule has 4 heterocycles. The van der Waals surface area contributed by atoms with Crippen molar-refractivity contribution >= 4 is 5.91 Å². The quantitative estimate of drug-likeness (QED) is 0.749. The highest BCUT2D eigenvalue weighted by atomic mass is 16.7. The zero-order valence-electron chi connectivity index (χ0n) is 17.8. The summed E-state index contributed by atoms with van der Waals surface area (Å²) in [4.78, 5) is 20.2. The molecule has 0 aliphatic carbocycles. The lowest BCUT2D eigenvalue weighted by Crippen LogP contribution is -2.56. The van der Waals surface area contributed by atoms with Gasteiger partial charge in [0.05, 0.1) is 0 Å². The Morgan fingerprint density at radius 1 is 0.967 bits per heavy atom. The molecule has 1 amide bonds. The minimum Gasteiger partial charge on any atom is -0.454 e. The van der Waals surface area contributed by atoms with Crippen molar-refractivity contribution in [3.05, 3.63) is 23.8 Å². The summed E-state index contributed by atoms with van der Waals surface area (Å²) in [5.74, 6) is 2.25. The maximum Gasteiger partial charge on any atom is 0.231 e. The summed E-state index contributed by atoms with van der Waals surface area (Å²) in [6, 6.07) is 6.77. The van der Waals surface area contributed by atoms with Crippen LogP contribution < -0.4 is 9.47 Å². The summed E-state index contributed by atoms with van der Waals surface area (Å²) in [7, 11) is 0. The van der Waals surface area contributed by atoms with Crippen molar-refractivity contribution < 1.29 is 19.0 Å². The van der Waals surface area contributed by atoms with E-state index in [1.165, 1.54) is 12.0 Å². The van der Waals surface area contributed by atoms with E-state index in [1.54, 1.807) is 0 Å². The van der Waals surface area contributed by atoms with Gasteiger partial charge in [0.25, 0.3) is 0 Å². The fourth-order valence-corrected chi connectivity index (χ4v) is 5.24. The number of benzene rings is 1. The highest BCUT2D eigenvalue weighted by Gasteiger charge is 2.33. The Kier molecular flexibility index (Phi) is 6.11. The fourth-order valence-electron chi connectivity index (χ4n) is 5.24. The van der Waals surface area contributed by atoms with Crippen LogP contribution in [0.2, 0.25) is 0 Å². The van der Waals surface area contributed by atoms with Crippen LogP contribution in [-0.4, -0.2) is 85.9 Å². The molecule has 7 nitrogen and oxygen atoms in total. The third-order valence-corrected chi connectivity index (χ3v) is 7.05. The molecule has 0 radical (unpaired) electrons. The summed E-state index contributed by atoms with van der Waals surface area (Å²) < 4.78 is 16.4. The number of hydrogen-bond acceptors (Lipinski definition) is 6. The van der Waals surface area contributed by atoms with Gasteiger partial charge in [-0.15, -0.1) is 0 Å². The molecular weight excluding hydrogens is 382 g/mol. The van der Waals surface area contributed by atoms with E-state index < -0.39 is 0 Å². The predicted octanol–water partition coefficient (Wildman–Crippen LogP) is 1.95. The molecule has 0 spiro atoms. The van der Waals surface area contributed by atoms with Crippen LogP contribution >= 0.6 is 0 Å². The van der Waals surface area contributed by atoms with Gasteiger partial charge in [-0.3, -0.25) is 14.6 Å². The first-order valence-electron chi connectivity index (χ1n) is 11.5. The van der Waals surface area contributed by atoms with Gasteiger partial charge in [0.1, 0.15) is 0 Å². The summed E-state index contributed by atoms with van der Waals surface area (Å²) in [6.07, 6.45) is 4.10. The Hall–Kier alpha value is -1.83. The zero-order chi connectivity index (χ0) is 20.3. The van der Waals surface area contributed by atoms with E-state index >= 15 is 0 Å². The van der Waals surface area contributed by atoms with Crippen molar-refractivity contribution in [3.63, 3.8) is 0 Å². The number of hydrogen-bond donors (Lipinski definition) is 0. The number of amides is 1. The van der Waals surface area contributed by atoms with Crippen LogP contribution in [0.25, 0.3) is 0 Å². The Labute approximate surface area is 178 Å². The molecule has 0 unspecified atom stereocenters. The van der Waals surface area contributed by atoms with Gasteiger partial charge in [-0.1, -0.05) is 6.07 Å². The molecule has 1 aromatic carbocycles. The van der Waals surface area contributed by atoms with E-state index in [4.69, 9.17) is 14.2 Å². The molecular formula is C23H33N3O4. The molecule has 0 aromatic heterocycles. The molecule has 7 heteroatoms. The van der Waals surface area contributed by atoms with Crippen LogP contribution in [0.5, 0.6) is 11.5 Å². The van der Waals surface area contributed by atoms with Crippen LogP contribution in [0.15, 0.2) is 18.2 Å². The molecule has 3 fully saturated rings. The predicted molar refractivity (Wildman–Crippen MR) is 113 cm³/mol. The molecule has 5 rings (SSSR count). The monoisotopic (exact) mass is 415 g/mol. The second-order valence-electron chi connectivity index (χ2n) is 8.97. The number of carbonyl (C=O) groups excluding carboxylic acids is 1. The standard InChI is InChI=1S/C23H33N3O4/c27-23(19-5-12-28-13-6-19)26-7-1-2-20(16-26)25-10-8-24(9-11-25)15-18-3-4-21-22(14-18)30-17-29-21/h3-4,14,19-20H,1-2,5-13,15-17H2/t20-/m0/s1. The number of likely N-dealkylation sites (tertiary alicyclic amines) is 1. The number of fused-ring (bicyclic) bond motifs is 1. The van der Waals surface area contributed by atoms with Crippen molar-refractivity contribution in [2.75, 3.05) is 59.3 Å². The SMILES string of the molecule is O=C(C1CCOCC1)N1CCC[C@H](N2CCN(Cc3ccc4c(c3)OCO4)CC2)C1. The van der Waals surface area contributed by atoms with Crippen LogP contribution in [0.4, 0.5) is 0 Å². The van der Waals surface area contributed by atoms with Crippen LogP contribution in [0.1, 0.15) is 31.2 Å². The summed E-state index contributed by atoms with van der Waals surface area (Å²) >= 11 is 0. The van der Waals surface area contributed by atoms with Crippen LogP contribution in [0, 0.1) is 5.92 Å². The molecule has 3 saturated heterocycles. The zero-order valence-corrected chi connectivity index (χ0v) is 17.8. The largest absolute Gasteiger partial charge is 0.454 e. The molecule has 0 N–H and O–H groups in total. The first-order valence-corrected chi connectivity index (χ1v) is 11.5. The van der Waals surface area contributed by atoms with Crippen molar-refractivity contribution in [1.82, 2.24) is 14.7 Å². The van der Waals surface area contributed by atoms with Crippen molar-refractivity contribution in [2.24, 2.45) is 5.92 Å². The lowest BCUT2D eigenvalue weighted by molar-refractivity contribution is -0.140. The number of carbonyl (C=O) groups is 1. The molecule has 0 bridgehead atoms. The Morgan fingerprint density at radius 2 is 1.77 bits per heavy atom. The Bertz CT molecular complexity index is 744. The van der Waals surface area contributed by atoms with E-state index in [9.17, 15) is 4.79 Å². The molecule has 30 heavy (non-hydrogen) atoms. The minimum absolute atomic E-state index is 0.177. The van der Waals surface area contributed by atoms with E-state index in [-0.39, 0.29) is 5.92 Å². The molecule has 4 aliphatic rings. The molecule has 0 saturated carbocycles. The number of piperazine rings is 1. The van der Waals surface area contributed by atoms with E-state index in [1.807, 2.05) is 6.07 Å².